The Kier molecular flexibility index (Phi) is 33.8. The van der Waals surface area contributed by atoms with Gasteiger partial charge in [0.2, 0.25) is 23.6 Å². The van der Waals surface area contributed by atoms with Crippen molar-refractivity contribution in [3.8, 4) is 41.8 Å². The van der Waals surface area contributed by atoms with Crippen LogP contribution in [0.2, 0.25) is 0 Å². The minimum absolute atomic E-state index is 0. The fourth-order valence-electron chi connectivity index (χ4n) is 20.2. The zero-order valence-corrected chi connectivity index (χ0v) is 77.0. The number of benzene rings is 4. The van der Waals surface area contributed by atoms with Gasteiger partial charge in [-0.2, -0.15) is 0 Å². The van der Waals surface area contributed by atoms with Crippen molar-refractivity contribution in [2.24, 2.45) is 47.3 Å². The van der Waals surface area contributed by atoms with Crippen molar-refractivity contribution in [3.05, 3.63) is 240 Å². The molecule has 9 heterocycles. The lowest BCUT2D eigenvalue weighted by atomic mass is 9.75. The van der Waals surface area contributed by atoms with Gasteiger partial charge in [0.15, 0.2) is 0 Å². The van der Waals surface area contributed by atoms with E-state index >= 15 is 0 Å². The minimum atomic E-state index is -0.880. The van der Waals surface area contributed by atoms with Crippen LogP contribution in [0, 0.1) is 47.3 Å². The first-order valence-electron chi connectivity index (χ1n) is 45.3. The number of nitrogens with zero attached hydrogens (tertiary/aromatic N) is 5. The predicted octanol–water partition coefficient (Wildman–Crippen LogP) is 25.7. The second-order valence-corrected chi connectivity index (χ2v) is 40.3. The lowest BCUT2D eigenvalue weighted by molar-refractivity contribution is -0.130. The van der Waals surface area contributed by atoms with Crippen LogP contribution in [0.25, 0.3) is 64.1 Å². The maximum Gasteiger partial charge on any atom is 0.346 e. The van der Waals surface area contributed by atoms with Crippen LogP contribution >= 0.6 is 45.3 Å². The summed E-state index contributed by atoms with van der Waals surface area (Å²) in [5, 5.41) is 40.0. The molecule has 4 fully saturated rings. The highest BCUT2D eigenvalue weighted by molar-refractivity contribution is 7.18. The van der Waals surface area contributed by atoms with E-state index in [0.29, 0.717) is 108 Å². The molecule has 128 heavy (non-hydrogen) atoms. The third kappa shape index (κ3) is 23.6. The van der Waals surface area contributed by atoms with Crippen molar-refractivity contribution >= 4 is 115 Å². The maximum absolute atomic E-state index is 13.2. The van der Waals surface area contributed by atoms with Gasteiger partial charge in [0, 0.05) is 127 Å². The van der Waals surface area contributed by atoms with Crippen LogP contribution < -0.4 is 0 Å². The van der Waals surface area contributed by atoms with Gasteiger partial charge >= 0.3 is 23.9 Å². The molecule has 0 radical (unpaired) electrons. The monoisotopic (exact) mass is 1800 g/mol. The molecule has 8 aliphatic rings. The van der Waals surface area contributed by atoms with Crippen LogP contribution in [0.3, 0.4) is 0 Å². The fraction of sp³-hybridized carbons (Fsp3) is 0.430. The van der Waals surface area contributed by atoms with Gasteiger partial charge < -0.3 is 40.0 Å². The second kappa shape index (κ2) is 44.7. The van der Waals surface area contributed by atoms with E-state index in [9.17, 15) is 58.8 Å². The molecule has 4 saturated carbocycles. The summed E-state index contributed by atoms with van der Waals surface area (Å²) in [6, 6.07) is 53.8. The van der Waals surface area contributed by atoms with Gasteiger partial charge in [-0.15, -0.1) is 45.3 Å². The molecule has 4 amide bonds. The summed E-state index contributed by atoms with van der Waals surface area (Å²) in [5.74, 6) is 1.60. The van der Waals surface area contributed by atoms with E-state index in [4.69, 9.17) is 0 Å². The van der Waals surface area contributed by atoms with Crippen LogP contribution in [0.4, 0.5) is 0 Å². The molecule has 0 atom stereocenters. The van der Waals surface area contributed by atoms with E-state index in [1.54, 1.807) is 27.0 Å². The Labute approximate surface area is 772 Å². The number of carbonyl (C=O) groups excluding carboxylic acids is 4. The van der Waals surface area contributed by atoms with E-state index < -0.39 is 23.9 Å². The molecule has 17 rings (SSSR count). The lowest BCUT2D eigenvalue weighted by Gasteiger charge is -2.37. The van der Waals surface area contributed by atoms with Gasteiger partial charge in [0.05, 0.1) is 6.42 Å². The first-order valence-corrected chi connectivity index (χ1v) is 48.6. The Bertz CT molecular complexity index is 5130. The summed E-state index contributed by atoms with van der Waals surface area (Å²) < 4.78 is 0. The molecule has 4 aliphatic heterocycles. The molecular formula is C107H127N5O12S4. The number of amides is 4. The van der Waals surface area contributed by atoms with E-state index in [1.807, 2.05) is 159 Å². The van der Waals surface area contributed by atoms with Gasteiger partial charge in [-0.25, -0.2) is 19.2 Å². The average Bonchev–Trinajstić information content (AvgIpc) is 1.63. The SMILES string of the molecule is C.C.CC(=O)N1CCC(c2cc(-c3ccccc3)sc2C(=O)O)=C(C2CCC(C)CC2)C1.CC(=O)N1CCC(c2cc(-c3ccccc3)sc2C(=O)O)=C(C2CCC(C)CC2)C1.CC(=O)N1CCC(c2cc(-c3ccccc3)sc2C(=O)O)=C(C2CCC(C)CC2)C1.CC1CCC(C2=C(c3cc(-c4ccccc4)sc3C(=O)O)CCN(C(=O)Cc3ccccn3)C2)CC1. The number of rotatable bonds is 18. The van der Waals surface area contributed by atoms with Crippen molar-refractivity contribution in [3.63, 3.8) is 0 Å². The highest BCUT2D eigenvalue weighted by Crippen LogP contribution is 2.50. The molecule has 5 aromatic heterocycles. The molecule has 0 bridgehead atoms. The number of aromatic carboxylic acids is 4. The van der Waals surface area contributed by atoms with Crippen molar-refractivity contribution in [2.45, 2.75) is 198 Å². The molecule has 21 heteroatoms. The second-order valence-electron chi connectivity index (χ2n) is 36.1. The third-order valence-corrected chi connectivity index (χ3v) is 32.2. The number of carbonyl (C=O) groups is 8. The Balaban J connectivity index is 0.000000155. The highest BCUT2D eigenvalue weighted by atomic mass is 32.1. The third-order valence-electron chi connectivity index (χ3n) is 27.5. The lowest BCUT2D eigenvalue weighted by Crippen LogP contribution is -2.39. The summed E-state index contributed by atoms with van der Waals surface area (Å²) in [5.41, 5.74) is 18.2. The van der Waals surface area contributed by atoms with Crippen LogP contribution in [0.15, 0.2) is 192 Å². The topological polar surface area (TPSA) is 243 Å². The number of pyridine rings is 1. The van der Waals surface area contributed by atoms with Crippen LogP contribution in [0.5, 0.6) is 0 Å². The molecule has 0 spiro atoms. The Morgan fingerprint density at radius 3 is 0.766 bits per heavy atom. The van der Waals surface area contributed by atoms with Gasteiger partial charge in [0.25, 0.3) is 0 Å². The number of carboxylic acids is 4. The summed E-state index contributed by atoms with van der Waals surface area (Å²) in [7, 11) is 0. The Morgan fingerprint density at radius 2 is 0.547 bits per heavy atom. The predicted molar refractivity (Wildman–Crippen MR) is 522 cm³/mol. The molecular weight excluding hydrogens is 1680 g/mol. The quantitative estimate of drug-likeness (QED) is 0.0625. The number of carboxylic acid groups (broad SMARTS) is 4. The highest BCUT2D eigenvalue weighted by Gasteiger charge is 2.38. The van der Waals surface area contributed by atoms with Crippen molar-refractivity contribution in [1.29, 1.82) is 0 Å². The normalized spacial score (nSPS) is 21.4. The molecule has 0 saturated heterocycles. The average molecular weight is 1800 g/mol. The first kappa shape index (κ1) is 96.6. The largest absolute Gasteiger partial charge is 0.477 e. The van der Waals surface area contributed by atoms with Crippen LogP contribution in [0.1, 0.15) is 258 Å². The zero-order chi connectivity index (χ0) is 88.8. The number of hydrogen-bond acceptors (Lipinski definition) is 13. The first-order chi connectivity index (χ1) is 60.8. The molecule has 4 aliphatic carbocycles. The molecule has 4 N–H and O–H groups in total. The molecule has 17 nitrogen and oxygen atoms in total. The van der Waals surface area contributed by atoms with Crippen molar-refractivity contribution in [2.75, 3.05) is 52.4 Å². The smallest absolute Gasteiger partial charge is 0.346 e. The van der Waals surface area contributed by atoms with Crippen LogP contribution in [-0.4, -0.2) is 145 Å². The minimum Gasteiger partial charge on any atom is -0.477 e. The molecule has 4 aromatic carbocycles. The van der Waals surface area contributed by atoms with Gasteiger partial charge in [-0.1, -0.05) is 221 Å². The van der Waals surface area contributed by atoms with E-state index in [-0.39, 0.29) is 38.5 Å². The van der Waals surface area contributed by atoms with E-state index in [0.717, 1.165) is 170 Å². The summed E-state index contributed by atoms with van der Waals surface area (Å²) in [4.78, 5) is 116. The zero-order valence-electron chi connectivity index (χ0n) is 73.7. The standard InChI is InChI=1S/C30H32N2O3S.3C25H29NO3S.2CH4/c1-20-10-12-21(13-11-20)26-19-32(28(33)17-23-9-5-6-15-31-23)16-14-24(26)25-18-27(36-29(25)30(34)35)22-7-3-2-4-8-22;3*1-16-8-10-18(11-9-16)22-15-26(17(2)27)13-12-20(22)21-14-23(30-24(21)25(28)29)19-6-4-3-5-7-19;;/h2-9,15,18,20-21H,10-14,16-17,19H2,1H3,(H,34,35);3*3-7,14,16,18H,8-13,15H2,1-2H3,(H,28,29);2*1H4. The molecule has 676 valence electrons. The van der Waals surface area contributed by atoms with Crippen molar-refractivity contribution < 1.29 is 58.8 Å². The number of aromatic nitrogens is 1. The number of hydrogen-bond donors (Lipinski definition) is 4. The van der Waals surface area contributed by atoms with Crippen molar-refractivity contribution in [1.82, 2.24) is 24.6 Å². The van der Waals surface area contributed by atoms with E-state index in [1.165, 1.54) is 136 Å². The van der Waals surface area contributed by atoms with Gasteiger partial charge in [-0.05, 0) is 228 Å². The summed E-state index contributed by atoms with van der Waals surface area (Å²) >= 11 is 5.42. The molecule has 9 aromatic rings. The Morgan fingerprint density at radius 1 is 0.320 bits per heavy atom. The maximum atomic E-state index is 13.2. The van der Waals surface area contributed by atoms with E-state index in [2.05, 4.69) is 56.9 Å². The van der Waals surface area contributed by atoms with Crippen LogP contribution in [-0.2, 0) is 25.6 Å². The van der Waals surface area contributed by atoms with Gasteiger partial charge in [0.1, 0.15) is 19.5 Å². The Hall–Kier alpha value is -10.5. The summed E-state index contributed by atoms with van der Waals surface area (Å²) in [6.07, 6.45) is 23.4. The molecule has 0 unspecified atom stereocenters. The fourth-order valence-corrected chi connectivity index (χ4v) is 24.3. The number of thiophene rings is 4. The van der Waals surface area contributed by atoms with Gasteiger partial charge in [-0.3, -0.25) is 24.2 Å². The summed E-state index contributed by atoms with van der Waals surface area (Å²) in [6.45, 7) is 19.2.